The first kappa shape index (κ1) is 13.2. The van der Waals surface area contributed by atoms with Crippen molar-refractivity contribution < 1.29 is 10.2 Å². The Morgan fingerprint density at radius 3 is 2.12 bits per heavy atom. The van der Waals surface area contributed by atoms with Gasteiger partial charge in [0.1, 0.15) is 0 Å². The van der Waals surface area contributed by atoms with Gasteiger partial charge in [-0.2, -0.15) is 0 Å². The molecule has 90 valence electrons. The van der Waals surface area contributed by atoms with Crippen LogP contribution in [-0.2, 0) is 13.2 Å². The van der Waals surface area contributed by atoms with E-state index >= 15 is 0 Å². The third kappa shape index (κ3) is 3.59. The van der Waals surface area contributed by atoms with Gasteiger partial charge >= 0.3 is 0 Å². The third-order valence-corrected chi connectivity index (χ3v) is 3.00. The summed E-state index contributed by atoms with van der Waals surface area (Å²) in [7, 11) is 0. The Balaban J connectivity index is 2.54. The molecule has 0 aliphatic rings. The molecule has 0 heterocycles. The molecule has 0 aromatic heterocycles. The molecule has 3 N–H and O–H groups in total. The molecular weight excluding hydrogens is 202 g/mol. The minimum Gasteiger partial charge on any atom is -0.392 e. The van der Waals surface area contributed by atoms with Gasteiger partial charge in [0.25, 0.3) is 0 Å². The first-order valence-electron chi connectivity index (χ1n) is 5.57. The predicted octanol–water partition coefficient (Wildman–Crippen LogP) is 1.43. The number of aliphatic hydroxyl groups is 2. The van der Waals surface area contributed by atoms with Gasteiger partial charge < -0.3 is 15.5 Å². The molecule has 1 aromatic carbocycles. The van der Waals surface area contributed by atoms with Crippen LogP contribution in [0.15, 0.2) is 24.3 Å². The Labute approximate surface area is 97.1 Å². The van der Waals surface area contributed by atoms with Gasteiger partial charge in [-0.1, -0.05) is 24.3 Å². The molecule has 0 saturated heterocycles. The molecular formula is C13H21NO2. The van der Waals surface area contributed by atoms with Crippen molar-refractivity contribution >= 4 is 0 Å². The van der Waals surface area contributed by atoms with E-state index in [1.165, 1.54) is 0 Å². The van der Waals surface area contributed by atoms with E-state index in [0.29, 0.717) is 6.54 Å². The fraction of sp³-hybridized carbons (Fsp3) is 0.538. The topological polar surface area (TPSA) is 52.5 Å². The highest BCUT2D eigenvalue weighted by Gasteiger charge is 2.22. The van der Waals surface area contributed by atoms with E-state index in [1.54, 1.807) is 6.92 Å². The van der Waals surface area contributed by atoms with Crippen LogP contribution in [0.25, 0.3) is 0 Å². The molecule has 0 saturated carbocycles. The lowest BCUT2D eigenvalue weighted by atomic mass is 9.98. The second kappa shape index (κ2) is 5.43. The van der Waals surface area contributed by atoms with Crippen molar-refractivity contribution in [1.82, 2.24) is 5.32 Å². The number of aliphatic hydroxyl groups excluding tert-OH is 2. The molecule has 0 radical (unpaired) electrons. The van der Waals surface area contributed by atoms with Crippen molar-refractivity contribution in [2.24, 2.45) is 0 Å². The smallest absolute Gasteiger partial charge is 0.0688 e. The van der Waals surface area contributed by atoms with Crippen LogP contribution in [0.5, 0.6) is 0 Å². The Kier molecular flexibility index (Phi) is 4.47. The number of rotatable bonds is 5. The van der Waals surface area contributed by atoms with Crippen LogP contribution in [-0.4, -0.2) is 21.9 Å². The van der Waals surface area contributed by atoms with Crippen LogP contribution >= 0.6 is 0 Å². The van der Waals surface area contributed by atoms with Crippen molar-refractivity contribution in [3.05, 3.63) is 35.4 Å². The van der Waals surface area contributed by atoms with Crippen LogP contribution in [0.1, 0.15) is 31.9 Å². The van der Waals surface area contributed by atoms with Crippen LogP contribution < -0.4 is 5.32 Å². The molecule has 0 bridgehead atoms. The third-order valence-electron chi connectivity index (χ3n) is 3.00. The first-order valence-corrected chi connectivity index (χ1v) is 5.57. The van der Waals surface area contributed by atoms with Gasteiger partial charge in [0.15, 0.2) is 0 Å². The maximum absolute atomic E-state index is 9.54. The average Bonchev–Trinajstić information content (AvgIpc) is 2.27. The number of benzene rings is 1. The second-order valence-electron chi connectivity index (χ2n) is 4.73. The van der Waals surface area contributed by atoms with Gasteiger partial charge in [-0.25, -0.2) is 0 Å². The minimum absolute atomic E-state index is 0.0763. The Morgan fingerprint density at radius 1 is 1.19 bits per heavy atom. The van der Waals surface area contributed by atoms with Crippen LogP contribution in [0.4, 0.5) is 0 Å². The summed E-state index contributed by atoms with van der Waals surface area (Å²) < 4.78 is 0. The molecule has 0 amide bonds. The second-order valence-corrected chi connectivity index (χ2v) is 4.73. The van der Waals surface area contributed by atoms with Gasteiger partial charge in [0.2, 0.25) is 0 Å². The molecule has 1 aromatic rings. The number of nitrogens with one attached hydrogen (secondary N) is 1. The summed E-state index contributed by atoms with van der Waals surface area (Å²) in [5, 5.41) is 21.8. The van der Waals surface area contributed by atoms with Gasteiger partial charge in [-0.15, -0.1) is 0 Å². The maximum atomic E-state index is 9.54. The van der Waals surface area contributed by atoms with E-state index in [4.69, 9.17) is 5.11 Å². The zero-order valence-electron chi connectivity index (χ0n) is 10.2. The quantitative estimate of drug-likeness (QED) is 0.708. The lowest BCUT2D eigenvalue weighted by molar-refractivity contribution is 0.0956. The maximum Gasteiger partial charge on any atom is 0.0688 e. The van der Waals surface area contributed by atoms with E-state index in [2.05, 4.69) is 5.32 Å². The molecule has 0 fully saturated rings. The van der Waals surface area contributed by atoms with Gasteiger partial charge in [0.05, 0.1) is 12.7 Å². The summed E-state index contributed by atoms with van der Waals surface area (Å²) in [6.45, 7) is 6.51. The molecule has 1 rings (SSSR count). The molecule has 3 heteroatoms. The lowest BCUT2D eigenvalue weighted by Gasteiger charge is -2.29. The van der Waals surface area contributed by atoms with Crippen molar-refractivity contribution in [3.63, 3.8) is 0 Å². The van der Waals surface area contributed by atoms with Crippen LogP contribution in [0.2, 0.25) is 0 Å². The Hall–Kier alpha value is -0.900. The zero-order valence-corrected chi connectivity index (χ0v) is 10.2. The van der Waals surface area contributed by atoms with Crippen molar-refractivity contribution in [3.8, 4) is 0 Å². The average molecular weight is 223 g/mol. The number of hydrogen-bond acceptors (Lipinski definition) is 3. The fourth-order valence-electron chi connectivity index (χ4n) is 1.24. The molecule has 1 unspecified atom stereocenters. The zero-order chi connectivity index (χ0) is 12.2. The normalized spacial score (nSPS) is 13.8. The summed E-state index contributed by atoms with van der Waals surface area (Å²) >= 11 is 0. The van der Waals surface area contributed by atoms with Crippen molar-refractivity contribution in [1.29, 1.82) is 0 Å². The Bertz CT molecular complexity index is 317. The molecule has 3 nitrogen and oxygen atoms in total. The molecule has 0 aliphatic heterocycles. The Morgan fingerprint density at radius 2 is 1.69 bits per heavy atom. The van der Waals surface area contributed by atoms with Crippen molar-refractivity contribution in [2.45, 2.75) is 45.6 Å². The standard InChI is InChI=1S/C13H21NO2/c1-10(16)13(2,3)14-8-11-4-6-12(9-15)7-5-11/h4-7,10,14-16H,8-9H2,1-3H3. The fourth-order valence-corrected chi connectivity index (χ4v) is 1.24. The summed E-state index contributed by atoms with van der Waals surface area (Å²) in [5.41, 5.74) is 1.76. The van der Waals surface area contributed by atoms with Crippen molar-refractivity contribution in [2.75, 3.05) is 0 Å². The SMILES string of the molecule is CC(O)C(C)(C)NCc1ccc(CO)cc1. The minimum atomic E-state index is -0.399. The van der Waals surface area contributed by atoms with E-state index in [1.807, 2.05) is 38.1 Å². The summed E-state index contributed by atoms with van der Waals surface area (Å²) in [6.07, 6.45) is -0.399. The molecule has 0 spiro atoms. The van der Waals surface area contributed by atoms with Gasteiger partial charge in [-0.05, 0) is 31.9 Å². The summed E-state index contributed by atoms with van der Waals surface area (Å²) in [4.78, 5) is 0. The van der Waals surface area contributed by atoms with E-state index in [9.17, 15) is 5.11 Å². The monoisotopic (exact) mass is 223 g/mol. The summed E-state index contributed by atoms with van der Waals surface area (Å²) in [5.74, 6) is 0. The largest absolute Gasteiger partial charge is 0.392 e. The highest BCUT2D eigenvalue weighted by molar-refractivity contribution is 5.22. The van der Waals surface area contributed by atoms with Gasteiger partial charge in [0, 0.05) is 12.1 Å². The van der Waals surface area contributed by atoms with Crippen LogP contribution in [0, 0.1) is 0 Å². The first-order chi connectivity index (χ1) is 7.45. The van der Waals surface area contributed by atoms with E-state index in [0.717, 1.165) is 11.1 Å². The van der Waals surface area contributed by atoms with E-state index in [-0.39, 0.29) is 12.1 Å². The summed E-state index contributed by atoms with van der Waals surface area (Å²) in [6, 6.07) is 7.78. The highest BCUT2D eigenvalue weighted by atomic mass is 16.3. The predicted molar refractivity (Wildman–Crippen MR) is 65.0 cm³/mol. The molecule has 1 atom stereocenters. The molecule has 16 heavy (non-hydrogen) atoms. The van der Waals surface area contributed by atoms with Gasteiger partial charge in [-0.3, -0.25) is 0 Å². The highest BCUT2D eigenvalue weighted by Crippen LogP contribution is 2.11. The van der Waals surface area contributed by atoms with E-state index < -0.39 is 6.10 Å². The van der Waals surface area contributed by atoms with Crippen LogP contribution in [0.3, 0.4) is 0 Å². The number of hydrogen-bond donors (Lipinski definition) is 3. The lowest BCUT2D eigenvalue weighted by Crippen LogP contribution is -2.47. The molecule has 0 aliphatic carbocycles.